The number of anilines is 1. The van der Waals surface area contributed by atoms with Crippen LogP contribution in [-0.4, -0.2) is 24.5 Å². The molecule has 0 saturated carbocycles. The standard InChI is InChI=1S/C23H24N2O3/c1-15-11-16-5-3-4-6-21(16)25(14-15)22(26)10-7-17-12-18-13-19(28-2)8-9-20(18)24-23(17)27/h3-6,8-9,12-13,15H,7,10-11,14H2,1-2H3,(H,24,27). The summed E-state index contributed by atoms with van der Waals surface area (Å²) in [5.41, 5.74) is 3.46. The van der Waals surface area contributed by atoms with Crippen LogP contribution in [0.25, 0.3) is 10.9 Å². The molecule has 0 radical (unpaired) electrons. The average Bonchev–Trinajstić information content (AvgIpc) is 2.71. The number of para-hydroxylation sites is 1. The van der Waals surface area contributed by atoms with Crippen molar-refractivity contribution in [2.75, 3.05) is 18.6 Å². The van der Waals surface area contributed by atoms with E-state index in [0.717, 1.165) is 35.3 Å². The molecule has 3 aromatic rings. The van der Waals surface area contributed by atoms with E-state index >= 15 is 0 Å². The highest BCUT2D eigenvalue weighted by atomic mass is 16.5. The van der Waals surface area contributed by atoms with E-state index in [-0.39, 0.29) is 11.5 Å². The number of aromatic nitrogens is 1. The number of nitrogens with zero attached hydrogens (tertiary/aromatic N) is 1. The van der Waals surface area contributed by atoms with Crippen molar-refractivity contribution in [2.45, 2.75) is 26.2 Å². The second kappa shape index (κ2) is 7.50. The van der Waals surface area contributed by atoms with E-state index in [1.54, 1.807) is 7.11 Å². The molecule has 2 aromatic carbocycles. The first kappa shape index (κ1) is 18.3. The molecule has 0 spiro atoms. The molecule has 1 aromatic heterocycles. The SMILES string of the molecule is COc1ccc2[nH]c(=O)c(CCC(=O)N3CC(C)Cc4ccccc43)cc2c1. The maximum atomic E-state index is 12.9. The molecule has 1 aliphatic heterocycles. The molecule has 5 heteroatoms. The Morgan fingerprint density at radius 2 is 2.04 bits per heavy atom. The third-order valence-electron chi connectivity index (χ3n) is 5.38. The van der Waals surface area contributed by atoms with Gasteiger partial charge in [-0.15, -0.1) is 0 Å². The Kier molecular flexibility index (Phi) is 4.90. The normalized spacial score (nSPS) is 16.1. The van der Waals surface area contributed by atoms with Gasteiger partial charge in [-0.1, -0.05) is 25.1 Å². The molecule has 0 aliphatic carbocycles. The molecule has 4 rings (SSSR count). The number of ether oxygens (including phenoxy) is 1. The van der Waals surface area contributed by atoms with E-state index in [0.29, 0.717) is 24.3 Å². The van der Waals surface area contributed by atoms with Gasteiger partial charge in [0.1, 0.15) is 5.75 Å². The Hall–Kier alpha value is -3.08. The lowest BCUT2D eigenvalue weighted by atomic mass is 9.93. The van der Waals surface area contributed by atoms with Gasteiger partial charge in [0, 0.05) is 35.1 Å². The van der Waals surface area contributed by atoms with Crippen LogP contribution in [0.3, 0.4) is 0 Å². The molecule has 0 bridgehead atoms. The summed E-state index contributed by atoms with van der Waals surface area (Å²) in [7, 11) is 1.61. The number of hydrogen-bond acceptors (Lipinski definition) is 3. The zero-order valence-corrected chi connectivity index (χ0v) is 16.2. The lowest BCUT2D eigenvalue weighted by molar-refractivity contribution is -0.118. The van der Waals surface area contributed by atoms with E-state index in [1.165, 1.54) is 5.56 Å². The molecule has 28 heavy (non-hydrogen) atoms. The number of carbonyl (C=O) groups excluding carboxylic acids is 1. The van der Waals surface area contributed by atoms with Gasteiger partial charge < -0.3 is 14.6 Å². The highest BCUT2D eigenvalue weighted by molar-refractivity contribution is 5.94. The summed E-state index contributed by atoms with van der Waals surface area (Å²) in [4.78, 5) is 30.1. The lowest BCUT2D eigenvalue weighted by Gasteiger charge is -2.33. The maximum Gasteiger partial charge on any atom is 0.251 e. The average molecular weight is 376 g/mol. The van der Waals surface area contributed by atoms with E-state index < -0.39 is 0 Å². The van der Waals surface area contributed by atoms with Gasteiger partial charge >= 0.3 is 0 Å². The van der Waals surface area contributed by atoms with Crippen molar-refractivity contribution < 1.29 is 9.53 Å². The van der Waals surface area contributed by atoms with Crippen LogP contribution in [0.4, 0.5) is 5.69 Å². The zero-order valence-electron chi connectivity index (χ0n) is 16.2. The summed E-state index contributed by atoms with van der Waals surface area (Å²) in [6.07, 6.45) is 1.71. The van der Waals surface area contributed by atoms with Crippen molar-refractivity contribution >= 4 is 22.5 Å². The minimum absolute atomic E-state index is 0.0594. The second-order valence-electron chi connectivity index (χ2n) is 7.52. The Balaban J connectivity index is 1.55. The topological polar surface area (TPSA) is 62.4 Å². The first-order valence-corrected chi connectivity index (χ1v) is 9.63. The Labute approximate surface area is 163 Å². The Bertz CT molecular complexity index is 1090. The summed E-state index contributed by atoms with van der Waals surface area (Å²) in [6, 6.07) is 15.5. The number of fused-ring (bicyclic) bond motifs is 2. The summed E-state index contributed by atoms with van der Waals surface area (Å²) < 4.78 is 5.26. The van der Waals surface area contributed by atoms with Crippen LogP contribution in [0.2, 0.25) is 0 Å². The zero-order chi connectivity index (χ0) is 19.7. The molecule has 1 unspecified atom stereocenters. The van der Waals surface area contributed by atoms with Gasteiger partial charge in [0.2, 0.25) is 5.91 Å². The predicted octanol–water partition coefficient (Wildman–Crippen LogP) is 3.69. The molecule has 0 fully saturated rings. The number of carbonyl (C=O) groups is 1. The second-order valence-corrected chi connectivity index (χ2v) is 7.52. The number of nitrogens with one attached hydrogen (secondary N) is 1. The number of methoxy groups -OCH3 is 1. The van der Waals surface area contributed by atoms with E-state index in [9.17, 15) is 9.59 Å². The Morgan fingerprint density at radius 1 is 1.21 bits per heavy atom. The number of amides is 1. The molecule has 0 saturated heterocycles. The maximum absolute atomic E-state index is 12.9. The number of rotatable bonds is 4. The van der Waals surface area contributed by atoms with Gasteiger partial charge in [-0.2, -0.15) is 0 Å². The number of benzene rings is 2. The molecule has 1 amide bonds. The van der Waals surface area contributed by atoms with Crippen molar-refractivity contribution in [3.63, 3.8) is 0 Å². The Morgan fingerprint density at radius 3 is 2.86 bits per heavy atom. The van der Waals surface area contributed by atoms with Crippen molar-refractivity contribution in [3.05, 3.63) is 70.0 Å². The molecular weight excluding hydrogens is 352 g/mol. The number of hydrogen-bond donors (Lipinski definition) is 1. The van der Waals surface area contributed by atoms with E-state index in [1.807, 2.05) is 47.4 Å². The predicted molar refractivity (Wildman–Crippen MR) is 111 cm³/mol. The van der Waals surface area contributed by atoms with Crippen LogP contribution in [0.1, 0.15) is 24.5 Å². The van der Waals surface area contributed by atoms with Crippen molar-refractivity contribution in [1.29, 1.82) is 0 Å². The van der Waals surface area contributed by atoms with Crippen molar-refractivity contribution in [3.8, 4) is 5.75 Å². The monoisotopic (exact) mass is 376 g/mol. The summed E-state index contributed by atoms with van der Waals surface area (Å²) in [5.74, 6) is 1.22. The summed E-state index contributed by atoms with van der Waals surface area (Å²) in [6.45, 7) is 2.89. The van der Waals surface area contributed by atoms with Crippen molar-refractivity contribution in [1.82, 2.24) is 4.98 Å². The minimum Gasteiger partial charge on any atom is -0.497 e. The first-order valence-electron chi connectivity index (χ1n) is 9.63. The van der Waals surface area contributed by atoms with Crippen LogP contribution >= 0.6 is 0 Å². The first-order chi connectivity index (χ1) is 13.5. The van der Waals surface area contributed by atoms with Crippen molar-refractivity contribution in [2.24, 2.45) is 5.92 Å². The van der Waals surface area contributed by atoms with Gasteiger partial charge in [-0.3, -0.25) is 9.59 Å². The van der Waals surface area contributed by atoms with Crippen LogP contribution < -0.4 is 15.2 Å². The fourth-order valence-electron chi connectivity index (χ4n) is 3.95. The molecule has 1 atom stereocenters. The third-order valence-corrected chi connectivity index (χ3v) is 5.38. The van der Waals surface area contributed by atoms with Crippen LogP contribution in [0.5, 0.6) is 5.75 Å². The summed E-state index contributed by atoms with van der Waals surface area (Å²) in [5, 5.41) is 0.901. The largest absolute Gasteiger partial charge is 0.497 e. The fourth-order valence-corrected chi connectivity index (χ4v) is 3.95. The molecule has 144 valence electrons. The fraction of sp³-hybridized carbons (Fsp3) is 0.304. The van der Waals surface area contributed by atoms with E-state index in [4.69, 9.17) is 4.74 Å². The number of aromatic amines is 1. The molecular formula is C23H24N2O3. The van der Waals surface area contributed by atoms with Gasteiger partial charge in [0.05, 0.1) is 7.11 Å². The van der Waals surface area contributed by atoms with Gasteiger partial charge in [0.25, 0.3) is 5.56 Å². The van der Waals surface area contributed by atoms with Crippen LogP contribution in [0.15, 0.2) is 53.3 Å². The smallest absolute Gasteiger partial charge is 0.251 e. The quantitative estimate of drug-likeness (QED) is 0.755. The van der Waals surface area contributed by atoms with Gasteiger partial charge in [0.15, 0.2) is 0 Å². The number of pyridine rings is 1. The van der Waals surface area contributed by atoms with E-state index in [2.05, 4.69) is 18.0 Å². The lowest BCUT2D eigenvalue weighted by Crippen LogP contribution is -2.39. The molecule has 2 heterocycles. The summed E-state index contributed by atoms with van der Waals surface area (Å²) >= 11 is 0. The van der Waals surface area contributed by atoms with Crippen LogP contribution in [0, 0.1) is 5.92 Å². The highest BCUT2D eigenvalue weighted by Crippen LogP contribution is 2.30. The molecule has 1 aliphatic rings. The van der Waals surface area contributed by atoms with Gasteiger partial charge in [-0.05, 0) is 54.7 Å². The third kappa shape index (κ3) is 3.52. The number of aryl methyl sites for hydroxylation is 1. The molecule has 5 nitrogen and oxygen atoms in total. The number of H-pyrrole nitrogens is 1. The minimum atomic E-state index is -0.141. The highest BCUT2D eigenvalue weighted by Gasteiger charge is 2.25. The van der Waals surface area contributed by atoms with Crippen LogP contribution in [-0.2, 0) is 17.6 Å². The van der Waals surface area contributed by atoms with Gasteiger partial charge in [-0.25, -0.2) is 0 Å². The molecule has 1 N–H and O–H groups in total.